The van der Waals surface area contributed by atoms with E-state index in [1.54, 1.807) is 64.1 Å². The van der Waals surface area contributed by atoms with E-state index >= 15 is 0 Å². The fraction of sp³-hybridized carbons (Fsp3) is 0.182. The molecule has 15 heteroatoms. The van der Waals surface area contributed by atoms with Gasteiger partial charge in [0.15, 0.2) is 0 Å². The summed E-state index contributed by atoms with van der Waals surface area (Å²) >= 11 is 0. The molecule has 0 bridgehead atoms. The molecule has 3 rings (SSSR count). The van der Waals surface area contributed by atoms with Gasteiger partial charge in [-0.1, -0.05) is 42.5 Å². The zero-order chi connectivity index (χ0) is 28.0. The Labute approximate surface area is 213 Å². The van der Waals surface area contributed by atoms with Crippen LogP contribution in [-0.2, 0) is 13.7 Å². The third-order valence-electron chi connectivity index (χ3n) is 4.48. The molecular weight excluding hydrogens is 549 g/mol. The van der Waals surface area contributed by atoms with Gasteiger partial charge in [0.1, 0.15) is 23.0 Å². The lowest BCUT2D eigenvalue weighted by atomic mass is 10.1. The van der Waals surface area contributed by atoms with E-state index in [0.717, 1.165) is 0 Å². The molecule has 3 aromatic rings. The van der Waals surface area contributed by atoms with Crippen LogP contribution in [-0.4, -0.2) is 24.5 Å². The molecule has 3 aromatic carbocycles. The predicted octanol–water partition coefficient (Wildman–Crippen LogP) is 5.11. The minimum Gasteiger partial charge on any atom is -0.395 e. The summed E-state index contributed by atoms with van der Waals surface area (Å²) in [6.07, 6.45) is 0. The van der Waals surface area contributed by atoms with Crippen molar-refractivity contribution in [3.05, 3.63) is 82.9 Å². The van der Waals surface area contributed by atoms with Crippen LogP contribution < -0.4 is 18.1 Å². The topological polar surface area (TPSA) is 189 Å². The van der Waals surface area contributed by atoms with E-state index < -0.39 is 23.5 Å². The molecule has 2 unspecified atom stereocenters. The molecule has 0 fully saturated rings. The number of para-hydroxylation sites is 2. The first-order chi connectivity index (χ1) is 17.0. The van der Waals surface area contributed by atoms with Crippen LogP contribution in [0.2, 0.25) is 0 Å². The lowest BCUT2D eigenvalue weighted by Crippen LogP contribution is -2.03. The average Bonchev–Trinajstić information content (AvgIpc) is 2.72. The highest BCUT2D eigenvalue weighted by atomic mass is 31.2. The summed E-state index contributed by atoms with van der Waals surface area (Å²) in [6.45, 7) is 6.97. The summed E-state index contributed by atoms with van der Waals surface area (Å²) in [5.41, 5.74) is 2.68. The lowest BCUT2D eigenvalue weighted by molar-refractivity contribution is 0.274. The van der Waals surface area contributed by atoms with Gasteiger partial charge in [0.25, 0.3) is 0 Å². The van der Waals surface area contributed by atoms with Crippen molar-refractivity contribution in [3.63, 3.8) is 0 Å². The molecule has 0 saturated carbocycles. The van der Waals surface area contributed by atoms with E-state index in [-0.39, 0.29) is 23.0 Å². The van der Waals surface area contributed by atoms with Crippen molar-refractivity contribution in [1.82, 2.24) is 0 Å². The Morgan fingerprint density at radius 3 is 1.08 bits per heavy atom. The molecule has 5 N–H and O–H groups in total. The van der Waals surface area contributed by atoms with E-state index in [1.807, 2.05) is 0 Å². The van der Waals surface area contributed by atoms with Gasteiger partial charge in [-0.15, -0.1) is 0 Å². The summed E-state index contributed by atoms with van der Waals surface area (Å²) in [7, 11) is -13.7. The third kappa shape index (κ3) is 10.7. The number of benzene rings is 3. The predicted molar refractivity (Wildman–Crippen MR) is 135 cm³/mol. The van der Waals surface area contributed by atoms with Crippen LogP contribution in [0, 0.1) is 27.7 Å². The largest absolute Gasteiger partial charge is 0.584 e. The Morgan fingerprint density at radius 1 is 0.514 bits per heavy atom. The Morgan fingerprint density at radius 2 is 0.784 bits per heavy atom. The molecule has 0 saturated heterocycles. The Hall–Kier alpha value is -2.65. The second kappa shape index (κ2) is 12.3. The van der Waals surface area contributed by atoms with Gasteiger partial charge >= 0.3 is 23.5 Å². The maximum Gasteiger partial charge on any atom is 0.584 e. The molecule has 0 aliphatic rings. The number of phosphoric ester groups is 2. The Kier molecular flexibility index (Phi) is 10.1. The van der Waals surface area contributed by atoms with Gasteiger partial charge in [-0.3, -0.25) is 9.79 Å². The number of rotatable bonds is 8. The first kappa shape index (κ1) is 30.6. The molecule has 37 heavy (non-hydrogen) atoms. The zero-order valence-corrected chi connectivity index (χ0v) is 22.9. The van der Waals surface area contributed by atoms with Gasteiger partial charge in [0.05, 0.1) is 0 Å². The zero-order valence-electron chi connectivity index (χ0n) is 20.2. The fourth-order valence-electron chi connectivity index (χ4n) is 3.01. The van der Waals surface area contributed by atoms with E-state index in [9.17, 15) is 18.9 Å². The highest BCUT2D eigenvalue weighted by Gasteiger charge is 2.29. The number of hydrogen-bond donors (Lipinski definition) is 5. The standard InChI is InChI=1S/C22H24O8P2.H3O4P/c1-15-8-5-9-16(2)21(15)29-31(23,24)27-19-12-7-13-20(14-19)28-32(25,26)30-22-17(3)10-6-11-18(22)4;1-5(2,3)4/h5-14H,1-4H3,(H,23,24)(H,25,26);(H3,1,2,3,4). The van der Waals surface area contributed by atoms with Crippen molar-refractivity contribution in [2.45, 2.75) is 27.7 Å². The minimum atomic E-state index is -4.64. The van der Waals surface area contributed by atoms with E-state index in [0.29, 0.717) is 22.3 Å². The Bertz CT molecular complexity index is 1250. The fourth-order valence-corrected chi connectivity index (χ4v) is 4.88. The number of aryl methyl sites for hydroxylation is 4. The molecule has 0 aliphatic heterocycles. The first-order valence-electron chi connectivity index (χ1n) is 10.4. The molecular formula is C22H27O12P3. The highest BCUT2D eigenvalue weighted by Crippen LogP contribution is 2.49. The van der Waals surface area contributed by atoms with Crippen molar-refractivity contribution in [3.8, 4) is 23.0 Å². The van der Waals surface area contributed by atoms with Crippen LogP contribution in [0.5, 0.6) is 23.0 Å². The maximum atomic E-state index is 12.5. The second-order valence-corrected chi connectivity index (χ2v) is 11.4. The monoisotopic (exact) mass is 576 g/mol. The normalized spacial score (nSPS) is 14.3. The second-order valence-electron chi connectivity index (χ2n) is 7.73. The molecule has 0 aliphatic carbocycles. The molecule has 0 spiro atoms. The molecule has 0 radical (unpaired) electrons. The van der Waals surface area contributed by atoms with E-state index in [1.165, 1.54) is 24.3 Å². The third-order valence-corrected chi connectivity index (χ3v) is 6.19. The highest BCUT2D eigenvalue weighted by molar-refractivity contribution is 7.48. The van der Waals surface area contributed by atoms with Crippen LogP contribution in [0.25, 0.3) is 0 Å². The summed E-state index contributed by atoms with van der Waals surface area (Å²) in [4.78, 5) is 41.9. The summed E-state index contributed by atoms with van der Waals surface area (Å²) in [5.74, 6) is 0.304. The van der Waals surface area contributed by atoms with E-state index in [4.69, 9.17) is 37.3 Å². The number of hydrogen-bond acceptors (Lipinski definition) is 7. The maximum absolute atomic E-state index is 12.5. The van der Waals surface area contributed by atoms with Gasteiger partial charge < -0.3 is 32.8 Å². The van der Waals surface area contributed by atoms with Crippen molar-refractivity contribution in [1.29, 1.82) is 0 Å². The molecule has 2 atom stereocenters. The quantitative estimate of drug-likeness (QED) is 0.223. The first-order valence-corrected chi connectivity index (χ1v) is 15.0. The number of phosphoric acid groups is 3. The van der Waals surface area contributed by atoms with Gasteiger partial charge in [0.2, 0.25) is 0 Å². The molecule has 202 valence electrons. The van der Waals surface area contributed by atoms with Crippen LogP contribution in [0.3, 0.4) is 0 Å². The summed E-state index contributed by atoms with van der Waals surface area (Å²) in [6, 6.07) is 16.0. The van der Waals surface area contributed by atoms with Crippen LogP contribution >= 0.6 is 23.5 Å². The van der Waals surface area contributed by atoms with Gasteiger partial charge in [-0.25, -0.2) is 13.7 Å². The SMILES string of the molecule is Cc1cccc(C)c1OP(=O)(O)Oc1cccc(OP(=O)(O)Oc2c(C)cccc2C)c1.O=P(O)(O)O. The summed E-state index contributed by atoms with van der Waals surface area (Å²) < 4.78 is 54.6. The van der Waals surface area contributed by atoms with Crippen molar-refractivity contribution in [2.24, 2.45) is 0 Å². The molecule has 0 amide bonds. The minimum absolute atomic E-state index is 0.0911. The summed E-state index contributed by atoms with van der Waals surface area (Å²) in [5, 5.41) is 0. The van der Waals surface area contributed by atoms with Crippen molar-refractivity contribution >= 4 is 23.5 Å². The molecule has 0 heterocycles. The van der Waals surface area contributed by atoms with Crippen LogP contribution in [0.1, 0.15) is 22.3 Å². The van der Waals surface area contributed by atoms with Gasteiger partial charge in [0, 0.05) is 6.07 Å². The van der Waals surface area contributed by atoms with Gasteiger partial charge in [-0.2, -0.15) is 0 Å². The van der Waals surface area contributed by atoms with Crippen molar-refractivity contribution in [2.75, 3.05) is 0 Å². The van der Waals surface area contributed by atoms with E-state index in [2.05, 4.69) is 0 Å². The molecule has 0 aromatic heterocycles. The van der Waals surface area contributed by atoms with Crippen LogP contribution in [0.15, 0.2) is 60.7 Å². The van der Waals surface area contributed by atoms with Crippen molar-refractivity contribution < 1.29 is 56.3 Å². The van der Waals surface area contributed by atoms with Gasteiger partial charge in [-0.05, 0) is 62.1 Å². The molecule has 12 nitrogen and oxygen atoms in total. The lowest BCUT2D eigenvalue weighted by Gasteiger charge is -2.18. The Balaban J connectivity index is 0.000000877. The average molecular weight is 576 g/mol. The van der Waals surface area contributed by atoms with Crippen LogP contribution in [0.4, 0.5) is 0 Å². The smallest absolute Gasteiger partial charge is 0.395 e.